The smallest absolute Gasteiger partial charge is 0.330 e. The van der Waals surface area contributed by atoms with Gasteiger partial charge in [0.25, 0.3) is 5.56 Å². The minimum atomic E-state index is -1.89. The third-order valence-electron chi connectivity index (χ3n) is 3.48. The van der Waals surface area contributed by atoms with Crippen LogP contribution in [0.2, 0.25) is 0 Å². The summed E-state index contributed by atoms with van der Waals surface area (Å²) in [5.74, 6) is -0.786. The number of carbonyl (C=O) groups excluding carboxylic acids is 1. The number of aromatic amines is 1. The first-order valence-corrected chi connectivity index (χ1v) is 8.75. The number of carbonyl (C=O) groups is 1. The molecule has 0 aliphatic carbocycles. The van der Waals surface area contributed by atoms with Gasteiger partial charge in [0, 0.05) is 13.3 Å². The lowest BCUT2D eigenvalue weighted by Crippen LogP contribution is -2.48. The summed E-state index contributed by atoms with van der Waals surface area (Å²) in [7, 11) is 12.5. The topological polar surface area (TPSA) is 157 Å². The van der Waals surface area contributed by atoms with E-state index in [1.54, 1.807) is 0 Å². The first-order valence-electron chi connectivity index (χ1n) is 8.75. The number of aliphatic hydroxyl groups is 2. The molecule has 2 atom stereocenters. The number of nitrogens with two attached hydrogens (primary N) is 1. The van der Waals surface area contributed by atoms with E-state index in [1.807, 2.05) is 0 Å². The maximum absolute atomic E-state index is 11.9. The minimum Gasteiger partial charge on any atom is -0.476 e. The summed E-state index contributed by atoms with van der Waals surface area (Å²) >= 11 is 0. The maximum atomic E-state index is 11.9. The van der Waals surface area contributed by atoms with E-state index >= 15 is 0 Å². The average Bonchev–Trinajstić information content (AvgIpc) is 3.14. The predicted octanol–water partition coefficient (Wildman–Crippen LogP) is -1.78. The van der Waals surface area contributed by atoms with Crippen LogP contribution in [0.25, 0.3) is 0 Å². The van der Waals surface area contributed by atoms with Crippen LogP contribution >= 0.6 is 0 Å². The molecule has 1 fully saturated rings. The SMILES string of the molecule is CCC.CO.[B]C([B])(OC(=O)CN)C1CCC(n2cc(CO)c(=O)[nH]c2=O)O1. The van der Waals surface area contributed by atoms with Crippen molar-refractivity contribution in [2.24, 2.45) is 5.73 Å². The lowest BCUT2D eigenvalue weighted by molar-refractivity contribution is -0.154. The van der Waals surface area contributed by atoms with Gasteiger partial charge in [0.1, 0.15) is 21.9 Å². The molecule has 2 rings (SSSR count). The van der Waals surface area contributed by atoms with Gasteiger partial charge in [0.05, 0.1) is 30.2 Å². The molecule has 1 aliphatic rings. The molecule has 2 heterocycles. The molecule has 5 N–H and O–H groups in total. The van der Waals surface area contributed by atoms with Gasteiger partial charge in [-0.25, -0.2) is 4.79 Å². The zero-order chi connectivity index (χ0) is 21.9. The van der Waals surface area contributed by atoms with Gasteiger partial charge in [0.2, 0.25) is 0 Å². The Bertz CT molecular complexity index is 721. The zero-order valence-corrected chi connectivity index (χ0v) is 16.4. The molecule has 2 unspecified atom stereocenters. The average molecular weight is 395 g/mol. The number of aliphatic hydroxyl groups excluding tert-OH is 2. The van der Waals surface area contributed by atoms with Crippen molar-refractivity contribution in [1.82, 2.24) is 9.55 Å². The van der Waals surface area contributed by atoms with E-state index in [1.165, 1.54) is 12.6 Å². The fourth-order valence-corrected chi connectivity index (χ4v) is 2.31. The van der Waals surface area contributed by atoms with E-state index < -0.39 is 41.6 Å². The van der Waals surface area contributed by atoms with Crippen LogP contribution in [0.3, 0.4) is 0 Å². The van der Waals surface area contributed by atoms with Crippen LogP contribution in [0.5, 0.6) is 0 Å². The Balaban J connectivity index is 0.00000133. The standard InChI is InChI=1S/C12H15B2N3O6.C3H8.CH4O/c13-12(14,23-9(19)3-15)7-1-2-8(22-7)17-4-6(5-18)10(20)16-11(17)21;1-3-2;1-2/h4,7-8,18H,1-3,5,15H2,(H,16,20,21);3H2,1-2H3;2H,1H3. The summed E-state index contributed by atoms with van der Waals surface area (Å²) in [6, 6.07) is 0. The van der Waals surface area contributed by atoms with Crippen molar-refractivity contribution < 1.29 is 24.5 Å². The molecule has 28 heavy (non-hydrogen) atoms. The van der Waals surface area contributed by atoms with Crippen LogP contribution in [0.15, 0.2) is 15.8 Å². The first kappa shape index (κ1) is 26.1. The largest absolute Gasteiger partial charge is 0.476 e. The second-order valence-electron chi connectivity index (χ2n) is 5.87. The molecule has 154 valence electrons. The van der Waals surface area contributed by atoms with Crippen molar-refractivity contribution in [2.45, 2.75) is 57.4 Å². The lowest BCUT2D eigenvalue weighted by Gasteiger charge is -2.32. The highest BCUT2D eigenvalue weighted by atomic mass is 16.6. The number of hydrogen-bond donors (Lipinski definition) is 4. The lowest BCUT2D eigenvalue weighted by atomic mass is 9.61. The van der Waals surface area contributed by atoms with Gasteiger partial charge in [-0.15, -0.1) is 0 Å². The summed E-state index contributed by atoms with van der Waals surface area (Å²) in [6.07, 6.45) is 1.49. The van der Waals surface area contributed by atoms with E-state index in [2.05, 4.69) is 18.8 Å². The Morgan fingerprint density at radius 3 is 2.46 bits per heavy atom. The maximum Gasteiger partial charge on any atom is 0.330 e. The first-order chi connectivity index (χ1) is 13.2. The number of H-pyrrole nitrogens is 1. The van der Waals surface area contributed by atoms with Gasteiger partial charge >= 0.3 is 11.7 Å². The summed E-state index contributed by atoms with van der Waals surface area (Å²) < 4.78 is 11.5. The molecular formula is C16H27B2N3O7. The summed E-state index contributed by atoms with van der Waals surface area (Å²) in [4.78, 5) is 36.6. The molecule has 0 spiro atoms. The fraction of sp³-hybridized carbons (Fsp3) is 0.688. The van der Waals surface area contributed by atoms with Crippen LogP contribution in [-0.2, 0) is 20.9 Å². The summed E-state index contributed by atoms with van der Waals surface area (Å²) in [5, 5.41) is 14.2. The normalized spacial score (nSPS) is 18.4. The van der Waals surface area contributed by atoms with Crippen molar-refractivity contribution in [2.75, 3.05) is 13.7 Å². The molecule has 0 saturated carbocycles. The Morgan fingerprint density at radius 2 is 1.96 bits per heavy atom. The van der Waals surface area contributed by atoms with E-state index in [-0.39, 0.29) is 12.1 Å². The van der Waals surface area contributed by atoms with Crippen molar-refractivity contribution in [1.29, 1.82) is 0 Å². The number of esters is 1. The quantitative estimate of drug-likeness (QED) is 0.337. The number of rotatable bonds is 5. The highest BCUT2D eigenvalue weighted by molar-refractivity contribution is 6.40. The second kappa shape index (κ2) is 12.6. The fourth-order valence-electron chi connectivity index (χ4n) is 2.31. The monoisotopic (exact) mass is 395 g/mol. The highest BCUT2D eigenvalue weighted by Gasteiger charge is 2.39. The zero-order valence-electron chi connectivity index (χ0n) is 16.4. The number of aromatic nitrogens is 2. The molecule has 0 aromatic carbocycles. The van der Waals surface area contributed by atoms with E-state index in [4.69, 9.17) is 41.1 Å². The van der Waals surface area contributed by atoms with E-state index in [0.29, 0.717) is 12.8 Å². The van der Waals surface area contributed by atoms with Crippen LogP contribution in [0.4, 0.5) is 0 Å². The molecule has 1 aliphatic heterocycles. The van der Waals surface area contributed by atoms with Crippen LogP contribution < -0.4 is 17.0 Å². The van der Waals surface area contributed by atoms with Gasteiger partial charge in [-0.1, -0.05) is 20.3 Å². The molecule has 0 bridgehead atoms. The van der Waals surface area contributed by atoms with Gasteiger partial charge in [-0.05, 0) is 12.8 Å². The van der Waals surface area contributed by atoms with Gasteiger partial charge in [0.15, 0.2) is 0 Å². The van der Waals surface area contributed by atoms with Crippen LogP contribution in [0, 0.1) is 0 Å². The van der Waals surface area contributed by atoms with E-state index in [9.17, 15) is 14.4 Å². The van der Waals surface area contributed by atoms with Crippen LogP contribution in [-0.4, -0.2) is 66.6 Å². The van der Waals surface area contributed by atoms with Gasteiger partial charge in [-0.2, -0.15) is 0 Å². The van der Waals surface area contributed by atoms with Crippen molar-refractivity contribution in [3.63, 3.8) is 0 Å². The molecule has 1 saturated heterocycles. The number of ether oxygens (including phenoxy) is 2. The predicted molar refractivity (Wildman–Crippen MR) is 104 cm³/mol. The van der Waals surface area contributed by atoms with Gasteiger partial charge in [-0.3, -0.25) is 19.1 Å². The molecule has 0 amide bonds. The van der Waals surface area contributed by atoms with Gasteiger partial charge < -0.3 is 25.4 Å². The summed E-state index contributed by atoms with van der Waals surface area (Å²) in [5.41, 5.74) is 3.77. The van der Waals surface area contributed by atoms with Crippen molar-refractivity contribution >= 4 is 21.7 Å². The number of hydrogen-bond acceptors (Lipinski definition) is 8. The summed E-state index contributed by atoms with van der Waals surface area (Å²) in [6.45, 7) is 3.34. The number of nitrogens with zero attached hydrogens (tertiary/aromatic N) is 1. The Labute approximate surface area is 165 Å². The third kappa shape index (κ3) is 7.27. The Hall–Kier alpha value is -1.88. The van der Waals surface area contributed by atoms with Crippen molar-refractivity contribution in [3.05, 3.63) is 32.6 Å². The highest BCUT2D eigenvalue weighted by Crippen LogP contribution is 2.32. The Kier molecular flexibility index (Phi) is 11.7. The molecule has 1 aromatic rings. The molecule has 4 radical (unpaired) electrons. The molecule has 10 nitrogen and oxygen atoms in total. The second-order valence-corrected chi connectivity index (χ2v) is 5.87. The molecular weight excluding hydrogens is 368 g/mol. The third-order valence-corrected chi connectivity index (χ3v) is 3.48. The Morgan fingerprint density at radius 1 is 1.39 bits per heavy atom. The molecule has 1 aromatic heterocycles. The minimum absolute atomic E-state index is 0.0120. The number of nitrogens with one attached hydrogen (secondary N) is 1. The van der Waals surface area contributed by atoms with E-state index in [0.717, 1.165) is 11.7 Å². The molecule has 12 heteroatoms. The van der Waals surface area contributed by atoms with Crippen molar-refractivity contribution in [3.8, 4) is 0 Å². The van der Waals surface area contributed by atoms with Crippen LogP contribution in [0.1, 0.15) is 44.9 Å².